The van der Waals surface area contributed by atoms with E-state index in [9.17, 15) is 22.0 Å². The van der Waals surface area contributed by atoms with Crippen molar-refractivity contribution >= 4 is 15.9 Å². The second-order valence-corrected chi connectivity index (χ2v) is 10.5. The largest absolute Gasteiger partial charge is 0.384 e. The van der Waals surface area contributed by atoms with E-state index in [0.717, 1.165) is 18.4 Å². The zero-order valence-corrected chi connectivity index (χ0v) is 19.0. The molecule has 0 unspecified atom stereocenters. The lowest BCUT2D eigenvalue weighted by Gasteiger charge is -2.48. The first kappa shape index (κ1) is 23.7. The first-order valence-corrected chi connectivity index (χ1v) is 12.4. The van der Waals surface area contributed by atoms with Gasteiger partial charge in [-0.15, -0.1) is 0 Å². The van der Waals surface area contributed by atoms with Gasteiger partial charge in [-0.3, -0.25) is 4.79 Å². The second kappa shape index (κ2) is 8.73. The summed E-state index contributed by atoms with van der Waals surface area (Å²) >= 11 is 0. The fourth-order valence-corrected chi connectivity index (χ4v) is 5.08. The summed E-state index contributed by atoms with van der Waals surface area (Å²) in [5.41, 5.74) is -2.26. The summed E-state index contributed by atoms with van der Waals surface area (Å²) < 4.78 is 75.4. The van der Waals surface area contributed by atoms with Gasteiger partial charge in [0.1, 0.15) is 17.3 Å². The smallest absolute Gasteiger partial charge is 0.229 e. The van der Waals surface area contributed by atoms with E-state index in [1.165, 1.54) is 30.2 Å². The van der Waals surface area contributed by atoms with Crippen molar-refractivity contribution in [3.63, 3.8) is 0 Å². The average molecular weight is 483 g/mol. The van der Waals surface area contributed by atoms with E-state index in [2.05, 4.69) is 4.72 Å². The summed E-state index contributed by atoms with van der Waals surface area (Å²) in [6, 6.07) is 8.99. The lowest BCUT2D eigenvalue weighted by Crippen LogP contribution is -2.64. The SMILES string of the molecule is COC[C@@H]1CN(C(=O)[C@@H]2C[C@@]2(F)c2ccccc2-c2c(F)cccc2F)[C@@H]1CNS(C)(=O)=O. The maximum Gasteiger partial charge on any atom is 0.229 e. The molecule has 4 atom stereocenters. The Labute approximate surface area is 190 Å². The van der Waals surface area contributed by atoms with Crippen molar-refractivity contribution in [1.82, 2.24) is 9.62 Å². The highest BCUT2D eigenvalue weighted by Gasteiger charge is 2.64. The van der Waals surface area contributed by atoms with Crippen molar-refractivity contribution in [1.29, 1.82) is 0 Å². The van der Waals surface area contributed by atoms with Crippen LogP contribution in [-0.2, 0) is 25.2 Å². The van der Waals surface area contributed by atoms with E-state index in [1.807, 2.05) is 0 Å². The highest BCUT2D eigenvalue weighted by molar-refractivity contribution is 7.88. The van der Waals surface area contributed by atoms with Crippen LogP contribution in [0.15, 0.2) is 42.5 Å². The van der Waals surface area contributed by atoms with Crippen molar-refractivity contribution in [3.8, 4) is 11.1 Å². The van der Waals surface area contributed by atoms with Gasteiger partial charge in [0, 0.05) is 32.5 Å². The van der Waals surface area contributed by atoms with Gasteiger partial charge < -0.3 is 9.64 Å². The molecule has 0 radical (unpaired) electrons. The number of likely N-dealkylation sites (tertiary alicyclic amines) is 1. The van der Waals surface area contributed by atoms with Crippen molar-refractivity contribution in [2.75, 3.05) is 33.1 Å². The minimum absolute atomic E-state index is 0.00162. The molecule has 1 aliphatic carbocycles. The van der Waals surface area contributed by atoms with Gasteiger partial charge in [-0.25, -0.2) is 26.3 Å². The molecule has 1 heterocycles. The minimum Gasteiger partial charge on any atom is -0.384 e. The van der Waals surface area contributed by atoms with Crippen molar-refractivity contribution in [2.45, 2.75) is 18.1 Å². The predicted octanol–water partition coefficient (Wildman–Crippen LogP) is 2.84. The van der Waals surface area contributed by atoms with Gasteiger partial charge in [0.2, 0.25) is 15.9 Å². The number of carbonyl (C=O) groups is 1. The fourth-order valence-electron chi connectivity index (χ4n) is 4.61. The Bertz CT molecular complexity index is 1160. The van der Waals surface area contributed by atoms with Gasteiger partial charge in [-0.05, 0) is 23.3 Å². The van der Waals surface area contributed by atoms with Crippen LogP contribution in [0, 0.1) is 23.5 Å². The molecule has 0 bridgehead atoms. The first-order valence-electron chi connectivity index (χ1n) is 10.5. The van der Waals surface area contributed by atoms with Gasteiger partial charge >= 0.3 is 0 Å². The Hall–Kier alpha value is -2.43. The van der Waals surface area contributed by atoms with Crippen LogP contribution in [0.5, 0.6) is 0 Å². The number of nitrogens with one attached hydrogen (secondary N) is 1. The summed E-state index contributed by atoms with van der Waals surface area (Å²) in [4.78, 5) is 14.6. The van der Waals surface area contributed by atoms with Crippen LogP contribution in [-0.4, -0.2) is 58.3 Å². The third-order valence-electron chi connectivity index (χ3n) is 6.39. The molecule has 0 aromatic heterocycles. The molecule has 1 saturated heterocycles. The maximum absolute atomic E-state index is 16.0. The molecular formula is C23H25F3N2O4S. The Morgan fingerprint density at radius 1 is 1.18 bits per heavy atom. The molecule has 6 nitrogen and oxygen atoms in total. The topological polar surface area (TPSA) is 75.7 Å². The Morgan fingerprint density at radius 2 is 1.85 bits per heavy atom. The van der Waals surface area contributed by atoms with E-state index < -0.39 is 45.2 Å². The van der Waals surface area contributed by atoms with Crippen molar-refractivity contribution in [3.05, 3.63) is 59.7 Å². The number of halogens is 3. The molecule has 2 fully saturated rings. The molecule has 2 aliphatic rings. The highest BCUT2D eigenvalue weighted by atomic mass is 32.2. The third kappa shape index (κ3) is 4.51. The standard InChI is InChI=1S/C23H25F3N2O4S/c1-32-13-14-12-28(20(14)11-27-33(2,30)31)22(29)17-10-23(17,26)16-7-4-3-6-15(16)21-18(24)8-5-9-19(21)25/h3-9,14,17,20,27H,10-13H2,1-2H3/t14-,17-,20+,23+/m0/s1. The number of ether oxygens (including phenoxy) is 1. The van der Waals surface area contributed by atoms with E-state index in [1.54, 1.807) is 12.1 Å². The van der Waals surface area contributed by atoms with Crippen molar-refractivity contribution in [2.24, 2.45) is 11.8 Å². The number of hydrogen-bond acceptors (Lipinski definition) is 4. The molecular weight excluding hydrogens is 457 g/mol. The van der Waals surface area contributed by atoms with Crippen molar-refractivity contribution < 1.29 is 31.1 Å². The molecule has 1 amide bonds. The molecule has 2 aromatic rings. The van der Waals surface area contributed by atoms with Gasteiger partial charge in [0.25, 0.3) is 0 Å². The first-order chi connectivity index (χ1) is 15.6. The number of benzene rings is 2. The van der Waals surface area contributed by atoms with Crippen LogP contribution in [0.2, 0.25) is 0 Å². The number of amides is 1. The summed E-state index contributed by atoms with van der Waals surface area (Å²) in [5, 5.41) is 0. The lowest BCUT2D eigenvalue weighted by atomic mass is 9.88. The Morgan fingerprint density at radius 3 is 2.48 bits per heavy atom. The molecule has 10 heteroatoms. The van der Waals surface area contributed by atoms with Crippen LogP contribution in [0.4, 0.5) is 13.2 Å². The zero-order chi connectivity index (χ0) is 24.0. The third-order valence-corrected chi connectivity index (χ3v) is 7.08. The van der Waals surface area contributed by atoms with E-state index in [0.29, 0.717) is 13.2 Å². The summed E-state index contributed by atoms with van der Waals surface area (Å²) in [7, 11) is -1.96. The number of sulfonamides is 1. The Balaban J connectivity index is 1.58. The number of nitrogens with zero attached hydrogens (tertiary/aromatic N) is 1. The van der Waals surface area contributed by atoms with Gasteiger partial charge in [0.15, 0.2) is 0 Å². The van der Waals surface area contributed by atoms with Crippen LogP contribution >= 0.6 is 0 Å². The monoisotopic (exact) mass is 482 g/mol. The molecule has 2 aromatic carbocycles. The summed E-state index contributed by atoms with van der Waals surface area (Å²) in [6.07, 6.45) is 0.909. The number of alkyl halides is 1. The minimum atomic E-state index is -3.47. The quantitative estimate of drug-likeness (QED) is 0.628. The fraction of sp³-hybridized carbons (Fsp3) is 0.435. The molecule has 4 rings (SSSR count). The number of hydrogen-bond donors (Lipinski definition) is 1. The molecule has 33 heavy (non-hydrogen) atoms. The maximum atomic E-state index is 16.0. The Kier molecular flexibility index (Phi) is 6.28. The van der Waals surface area contributed by atoms with E-state index in [-0.39, 0.29) is 35.6 Å². The normalized spacial score (nSPS) is 26.7. The number of methoxy groups -OCH3 is 1. The molecule has 1 N–H and O–H groups in total. The molecule has 178 valence electrons. The number of rotatable bonds is 8. The lowest BCUT2D eigenvalue weighted by molar-refractivity contribution is -0.148. The highest BCUT2D eigenvalue weighted by Crippen LogP contribution is 2.59. The van der Waals surface area contributed by atoms with E-state index >= 15 is 4.39 Å². The average Bonchev–Trinajstić information content (AvgIpc) is 3.42. The van der Waals surface area contributed by atoms with Crippen LogP contribution in [0.25, 0.3) is 11.1 Å². The zero-order valence-electron chi connectivity index (χ0n) is 18.2. The van der Waals surface area contributed by atoms with Crippen LogP contribution < -0.4 is 4.72 Å². The van der Waals surface area contributed by atoms with E-state index in [4.69, 9.17) is 4.74 Å². The van der Waals surface area contributed by atoms with Crippen LogP contribution in [0.3, 0.4) is 0 Å². The molecule has 1 aliphatic heterocycles. The van der Waals surface area contributed by atoms with Gasteiger partial charge in [-0.1, -0.05) is 30.3 Å². The predicted molar refractivity (Wildman–Crippen MR) is 116 cm³/mol. The number of carbonyl (C=O) groups excluding carboxylic acids is 1. The van der Waals surface area contributed by atoms with Gasteiger partial charge in [0.05, 0.1) is 30.4 Å². The molecule has 1 saturated carbocycles. The van der Waals surface area contributed by atoms with Crippen LogP contribution in [0.1, 0.15) is 12.0 Å². The summed E-state index contributed by atoms with van der Waals surface area (Å²) in [5.74, 6) is -3.18. The second-order valence-electron chi connectivity index (χ2n) is 8.66. The van der Waals surface area contributed by atoms with Gasteiger partial charge in [-0.2, -0.15) is 0 Å². The molecule has 0 spiro atoms. The summed E-state index contributed by atoms with van der Waals surface area (Å²) in [6.45, 7) is 0.654.